The average Bonchev–Trinajstić information content (AvgIpc) is 2.52. The zero-order valence-electron chi connectivity index (χ0n) is 15.9. The quantitative estimate of drug-likeness (QED) is 0.552. The van der Waals surface area contributed by atoms with Gasteiger partial charge in [-0.1, -0.05) is 17.7 Å². The van der Waals surface area contributed by atoms with Crippen molar-refractivity contribution in [1.29, 1.82) is 0 Å². The first-order valence-corrected chi connectivity index (χ1v) is 10.2. The molecular formula is C21H29N3OS. The summed E-state index contributed by atoms with van der Waals surface area (Å²) in [6.45, 7) is 6.23. The molecule has 4 saturated carbocycles. The smallest absolute Gasteiger partial charge is 0.232 e. The summed E-state index contributed by atoms with van der Waals surface area (Å²) in [5, 5.41) is 3.34. The van der Waals surface area contributed by atoms with Crippen LogP contribution < -0.4 is 16.2 Å². The summed E-state index contributed by atoms with van der Waals surface area (Å²) in [6, 6.07) is 4.27. The minimum Gasteiger partial charge on any atom is -0.301 e. The molecule has 5 rings (SSSR count). The van der Waals surface area contributed by atoms with Gasteiger partial charge in [-0.3, -0.25) is 15.6 Å². The number of carbonyl (C=O) groups is 1. The van der Waals surface area contributed by atoms with Gasteiger partial charge in [0.05, 0.1) is 11.1 Å². The largest absolute Gasteiger partial charge is 0.301 e. The van der Waals surface area contributed by atoms with Crippen LogP contribution in [0.4, 0.5) is 5.69 Å². The average molecular weight is 372 g/mol. The standard InChI is InChI=1S/C21H29N3OS/c1-12-4-13(2)18(14(3)5-12)23-24-20(26)22-19(25)21-9-15-6-16(10-21)8-17(7-15)11-21/h4-5,15-17,23H,6-11H2,1-3H3,(H2,22,24,25,26). The molecule has 26 heavy (non-hydrogen) atoms. The van der Waals surface area contributed by atoms with Crippen molar-refractivity contribution >= 4 is 28.9 Å². The molecule has 0 heterocycles. The van der Waals surface area contributed by atoms with Gasteiger partial charge in [0.1, 0.15) is 0 Å². The Kier molecular flexibility index (Phi) is 4.46. The highest BCUT2D eigenvalue weighted by Crippen LogP contribution is 2.60. The first kappa shape index (κ1) is 17.8. The first-order valence-electron chi connectivity index (χ1n) is 9.80. The van der Waals surface area contributed by atoms with E-state index in [9.17, 15) is 4.79 Å². The Morgan fingerprint density at radius 2 is 1.50 bits per heavy atom. The number of rotatable bonds is 3. The molecule has 4 aliphatic rings. The molecule has 1 aromatic carbocycles. The second-order valence-electron chi connectivity index (χ2n) is 9.00. The Bertz CT molecular complexity index is 699. The number of hydrogen-bond donors (Lipinski definition) is 3. The second kappa shape index (κ2) is 6.52. The fourth-order valence-corrected chi connectivity index (χ4v) is 6.30. The van der Waals surface area contributed by atoms with E-state index in [4.69, 9.17) is 12.2 Å². The van der Waals surface area contributed by atoms with Crippen LogP contribution in [0.25, 0.3) is 0 Å². The minimum atomic E-state index is -0.170. The van der Waals surface area contributed by atoms with E-state index in [-0.39, 0.29) is 11.3 Å². The SMILES string of the molecule is Cc1cc(C)c(NNC(=S)NC(=O)C23CC4CC(CC(C4)C2)C3)c(C)c1. The molecule has 0 spiro atoms. The molecule has 1 amide bonds. The molecule has 0 aromatic heterocycles. The van der Waals surface area contributed by atoms with E-state index in [1.807, 2.05) is 0 Å². The summed E-state index contributed by atoms with van der Waals surface area (Å²) >= 11 is 5.39. The number of benzene rings is 1. The Morgan fingerprint density at radius 1 is 1.00 bits per heavy atom. The summed E-state index contributed by atoms with van der Waals surface area (Å²) < 4.78 is 0. The van der Waals surface area contributed by atoms with Crippen LogP contribution in [0.5, 0.6) is 0 Å². The summed E-state index contributed by atoms with van der Waals surface area (Å²) in [7, 11) is 0. The van der Waals surface area contributed by atoms with Gasteiger partial charge >= 0.3 is 0 Å². The molecule has 4 fully saturated rings. The van der Waals surface area contributed by atoms with E-state index in [1.165, 1.54) is 24.8 Å². The predicted molar refractivity (Wildman–Crippen MR) is 109 cm³/mol. The number of hydrazine groups is 1. The van der Waals surface area contributed by atoms with Crippen molar-refractivity contribution in [2.45, 2.75) is 59.3 Å². The van der Waals surface area contributed by atoms with Crippen molar-refractivity contribution in [1.82, 2.24) is 10.7 Å². The van der Waals surface area contributed by atoms with Crippen LogP contribution >= 0.6 is 12.2 Å². The Labute approximate surface area is 161 Å². The monoisotopic (exact) mass is 371 g/mol. The topological polar surface area (TPSA) is 53.2 Å². The molecule has 4 bridgehead atoms. The summed E-state index contributed by atoms with van der Waals surface area (Å²) in [5.74, 6) is 2.40. The minimum absolute atomic E-state index is 0.133. The normalized spacial score (nSPS) is 31.6. The highest BCUT2D eigenvalue weighted by Gasteiger charge is 2.54. The molecule has 0 unspecified atom stereocenters. The maximum absolute atomic E-state index is 13.0. The fraction of sp³-hybridized carbons (Fsp3) is 0.619. The number of amides is 1. The van der Waals surface area contributed by atoms with Gasteiger partial charge < -0.3 is 5.32 Å². The lowest BCUT2D eigenvalue weighted by Crippen LogP contribution is -2.56. The Morgan fingerprint density at radius 3 is 2.00 bits per heavy atom. The van der Waals surface area contributed by atoms with E-state index in [0.717, 1.165) is 53.8 Å². The molecule has 4 aliphatic carbocycles. The maximum Gasteiger partial charge on any atom is 0.232 e. The molecule has 140 valence electrons. The molecule has 0 atom stereocenters. The molecule has 0 saturated heterocycles. The molecule has 0 radical (unpaired) electrons. The molecule has 4 nitrogen and oxygen atoms in total. The van der Waals surface area contributed by atoms with E-state index in [2.05, 4.69) is 49.1 Å². The third-order valence-corrected chi connectivity index (χ3v) is 6.93. The highest BCUT2D eigenvalue weighted by atomic mass is 32.1. The van der Waals surface area contributed by atoms with Crippen LogP contribution in [-0.4, -0.2) is 11.0 Å². The molecular weight excluding hydrogens is 342 g/mol. The lowest BCUT2D eigenvalue weighted by molar-refractivity contribution is -0.144. The summed E-state index contributed by atoms with van der Waals surface area (Å²) in [4.78, 5) is 13.0. The van der Waals surface area contributed by atoms with Gasteiger partial charge in [-0.15, -0.1) is 0 Å². The second-order valence-corrected chi connectivity index (χ2v) is 9.41. The van der Waals surface area contributed by atoms with Crippen molar-refractivity contribution in [3.63, 3.8) is 0 Å². The molecule has 1 aromatic rings. The molecule has 5 heteroatoms. The Hall–Kier alpha value is -1.62. The van der Waals surface area contributed by atoms with Gasteiger partial charge in [0.15, 0.2) is 5.11 Å². The van der Waals surface area contributed by atoms with Gasteiger partial charge in [-0.05, 0) is 100 Å². The third kappa shape index (κ3) is 3.22. The van der Waals surface area contributed by atoms with Gasteiger partial charge in [-0.25, -0.2) is 0 Å². The highest BCUT2D eigenvalue weighted by molar-refractivity contribution is 7.80. The van der Waals surface area contributed by atoms with Crippen LogP contribution in [0.15, 0.2) is 12.1 Å². The van der Waals surface area contributed by atoms with Crippen molar-refractivity contribution in [2.24, 2.45) is 23.2 Å². The van der Waals surface area contributed by atoms with E-state index < -0.39 is 0 Å². The van der Waals surface area contributed by atoms with Crippen molar-refractivity contribution in [3.05, 3.63) is 28.8 Å². The van der Waals surface area contributed by atoms with E-state index in [1.54, 1.807) is 0 Å². The third-order valence-electron chi connectivity index (χ3n) is 6.73. The summed E-state index contributed by atoms with van der Waals surface area (Å²) in [5.41, 5.74) is 10.6. The number of thiocarbonyl (C=S) groups is 1. The number of carbonyl (C=O) groups excluding carboxylic acids is 1. The maximum atomic E-state index is 13.0. The van der Waals surface area contributed by atoms with Gasteiger partial charge in [-0.2, -0.15) is 0 Å². The zero-order valence-corrected chi connectivity index (χ0v) is 16.8. The predicted octanol–water partition coefficient (Wildman–Crippen LogP) is 4.15. The van der Waals surface area contributed by atoms with E-state index >= 15 is 0 Å². The van der Waals surface area contributed by atoms with Gasteiger partial charge in [0.2, 0.25) is 5.91 Å². The van der Waals surface area contributed by atoms with Gasteiger partial charge in [0, 0.05) is 0 Å². The van der Waals surface area contributed by atoms with Crippen LogP contribution in [0.2, 0.25) is 0 Å². The number of hydrogen-bond acceptors (Lipinski definition) is 3. The molecule has 0 aliphatic heterocycles. The zero-order chi connectivity index (χ0) is 18.5. The van der Waals surface area contributed by atoms with Crippen molar-refractivity contribution in [2.75, 3.05) is 5.43 Å². The summed E-state index contributed by atoms with van der Waals surface area (Å²) in [6.07, 6.45) is 7.17. The van der Waals surface area contributed by atoms with Crippen molar-refractivity contribution < 1.29 is 4.79 Å². The number of anilines is 1. The first-order chi connectivity index (χ1) is 12.3. The van der Waals surface area contributed by atoms with Crippen LogP contribution in [0.1, 0.15) is 55.2 Å². The van der Waals surface area contributed by atoms with Crippen molar-refractivity contribution in [3.8, 4) is 0 Å². The lowest BCUT2D eigenvalue weighted by atomic mass is 9.49. The fourth-order valence-electron chi connectivity index (χ4n) is 6.15. The number of nitrogens with one attached hydrogen (secondary N) is 3. The lowest BCUT2D eigenvalue weighted by Gasteiger charge is -2.55. The van der Waals surface area contributed by atoms with Crippen LogP contribution in [0.3, 0.4) is 0 Å². The van der Waals surface area contributed by atoms with Crippen LogP contribution in [-0.2, 0) is 4.79 Å². The Balaban J connectivity index is 1.37. The molecule has 3 N–H and O–H groups in total. The van der Waals surface area contributed by atoms with Crippen LogP contribution in [0, 0.1) is 43.9 Å². The van der Waals surface area contributed by atoms with Gasteiger partial charge in [0.25, 0.3) is 0 Å². The van der Waals surface area contributed by atoms with E-state index in [0.29, 0.717) is 5.11 Å². The number of aryl methyl sites for hydroxylation is 3.